The van der Waals surface area contributed by atoms with Gasteiger partial charge in [0.2, 0.25) is 0 Å². The van der Waals surface area contributed by atoms with Crippen molar-refractivity contribution in [3.05, 3.63) is 12.2 Å². The van der Waals surface area contributed by atoms with Crippen LogP contribution in [0.25, 0.3) is 0 Å². The first-order valence-corrected chi connectivity index (χ1v) is 3.17. The van der Waals surface area contributed by atoms with Crippen LogP contribution in [0.1, 0.15) is 13.3 Å². The van der Waals surface area contributed by atoms with Crippen molar-refractivity contribution in [1.29, 1.82) is 0 Å². The van der Waals surface area contributed by atoms with Crippen LogP contribution in [0.2, 0.25) is 0 Å². The predicted octanol–water partition coefficient (Wildman–Crippen LogP) is 2.23. The molecule has 0 rings (SSSR count). The van der Waals surface area contributed by atoms with Crippen LogP contribution in [0.5, 0.6) is 0 Å². The fourth-order valence-corrected chi connectivity index (χ4v) is 0.531. The van der Waals surface area contributed by atoms with Gasteiger partial charge in [-0.15, -0.1) is 0 Å². The van der Waals surface area contributed by atoms with Crippen LogP contribution >= 0.6 is 0 Å². The number of hydrogen-bond donors (Lipinski definition) is 0. The van der Waals surface area contributed by atoms with Gasteiger partial charge in [-0.1, -0.05) is 13.0 Å². The summed E-state index contributed by atoms with van der Waals surface area (Å²) < 4.78 is 29.1. The number of ether oxygens (including phenoxy) is 1. The molecule has 10 heavy (non-hydrogen) atoms. The molecule has 0 atom stereocenters. The maximum atomic E-state index is 12.4. The summed E-state index contributed by atoms with van der Waals surface area (Å²) in [6.45, 7) is 1.27. The lowest BCUT2D eigenvalue weighted by Crippen LogP contribution is -2.19. The lowest BCUT2D eigenvalue weighted by atomic mass is 10.3. The third-order valence-corrected chi connectivity index (χ3v) is 0.934. The summed E-state index contributed by atoms with van der Waals surface area (Å²) in [7, 11) is 1.26. The third-order valence-electron chi connectivity index (χ3n) is 0.934. The fourth-order valence-electron chi connectivity index (χ4n) is 0.531. The molecule has 0 bridgehead atoms. The zero-order chi connectivity index (χ0) is 8.04. The molecular weight excluding hydrogens is 138 g/mol. The molecule has 0 saturated heterocycles. The summed E-state index contributed by atoms with van der Waals surface area (Å²) in [5, 5.41) is 0. The minimum Gasteiger partial charge on any atom is -0.378 e. The minimum absolute atomic E-state index is 0.538. The molecule has 0 aliphatic rings. The Hall–Kier alpha value is -0.440. The van der Waals surface area contributed by atoms with E-state index in [1.54, 1.807) is 6.92 Å². The number of methoxy groups -OCH3 is 1. The van der Waals surface area contributed by atoms with Crippen LogP contribution in [0.4, 0.5) is 8.78 Å². The average molecular weight is 150 g/mol. The highest BCUT2D eigenvalue weighted by Crippen LogP contribution is 2.15. The van der Waals surface area contributed by atoms with E-state index >= 15 is 0 Å². The highest BCUT2D eigenvalue weighted by atomic mass is 19.3. The van der Waals surface area contributed by atoms with Gasteiger partial charge in [-0.3, -0.25) is 0 Å². The van der Waals surface area contributed by atoms with Crippen molar-refractivity contribution < 1.29 is 13.5 Å². The molecule has 0 radical (unpaired) electrons. The monoisotopic (exact) mass is 150 g/mol. The van der Waals surface area contributed by atoms with Gasteiger partial charge in [0.15, 0.2) is 0 Å². The topological polar surface area (TPSA) is 9.23 Å². The highest BCUT2D eigenvalue weighted by molar-refractivity contribution is 4.93. The van der Waals surface area contributed by atoms with Gasteiger partial charge in [-0.2, -0.15) is 8.78 Å². The van der Waals surface area contributed by atoms with Gasteiger partial charge in [0.25, 0.3) is 5.92 Å². The summed E-state index contributed by atoms with van der Waals surface area (Å²) in [5.74, 6) is -2.80. The Morgan fingerprint density at radius 1 is 1.50 bits per heavy atom. The summed E-state index contributed by atoms with van der Waals surface area (Å²) in [5.41, 5.74) is 0. The zero-order valence-corrected chi connectivity index (χ0v) is 6.23. The Bertz CT molecular complexity index is 110. The van der Waals surface area contributed by atoms with E-state index in [1.165, 1.54) is 13.2 Å². The molecule has 0 aliphatic heterocycles. The molecule has 0 amide bonds. The fraction of sp³-hybridized carbons (Fsp3) is 0.714. The molecule has 0 unspecified atom stereocenters. The Morgan fingerprint density at radius 3 is 2.50 bits per heavy atom. The lowest BCUT2D eigenvalue weighted by Gasteiger charge is -2.08. The quantitative estimate of drug-likeness (QED) is 0.558. The van der Waals surface area contributed by atoms with Gasteiger partial charge in [-0.25, -0.2) is 0 Å². The molecule has 0 heterocycles. The van der Waals surface area contributed by atoms with Gasteiger partial charge in [0.1, 0.15) is 6.61 Å². The van der Waals surface area contributed by atoms with E-state index in [-0.39, 0.29) is 0 Å². The summed E-state index contributed by atoms with van der Waals surface area (Å²) in [6, 6.07) is 0. The SMILES string of the molecule is CC/C=C/C(F)(F)COC. The van der Waals surface area contributed by atoms with Crippen LogP contribution < -0.4 is 0 Å². The van der Waals surface area contributed by atoms with Crippen molar-refractivity contribution >= 4 is 0 Å². The molecule has 1 nitrogen and oxygen atoms in total. The molecule has 0 saturated carbocycles. The van der Waals surface area contributed by atoms with Crippen LogP contribution in [-0.2, 0) is 4.74 Å². The van der Waals surface area contributed by atoms with Gasteiger partial charge >= 0.3 is 0 Å². The second-order valence-corrected chi connectivity index (χ2v) is 2.00. The molecule has 0 N–H and O–H groups in total. The van der Waals surface area contributed by atoms with Gasteiger partial charge < -0.3 is 4.74 Å². The third kappa shape index (κ3) is 4.44. The lowest BCUT2D eigenvalue weighted by molar-refractivity contribution is -0.0233. The molecule has 0 spiro atoms. The van der Waals surface area contributed by atoms with E-state index in [2.05, 4.69) is 4.74 Å². The molecule has 0 aromatic rings. The molecule has 60 valence electrons. The summed E-state index contributed by atoms with van der Waals surface area (Å²) in [6.07, 6.45) is 2.93. The molecule has 0 aromatic heterocycles. The van der Waals surface area contributed by atoms with Crippen molar-refractivity contribution in [3.63, 3.8) is 0 Å². The van der Waals surface area contributed by atoms with E-state index in [0.717, 1.165) is 6.08 Å². The van der Waals surface area contributed by atoms with Crippen molar-refractivity contribution in [1.82, 2.24) is 0 Å². The molecule has 0 aromatic carbocycles. The second kappa shape index (κ2) is 4.39. The van der Waals surface area contributed by atoms with Crippen molar-refractivity contribution in [3.8, 4) is 0 Å². The Morgan fingerprint density at radius 2 is 2.10 bits per heavy atom. The number of hydrogen-bond acceptors (Lipinski definition) is 1. The molecule has 3 heteroatoms. The summed E-state index contributed by atoms with van der Waals surface area (Å²) in [4.78, 5) is 0. The smallest absolute Gasteiger partial charge is 0.289 e. The normalized spacial score (nSPS) is 12.8. The van der Waals surface area contributed by atoms with E-state index in [1.807, 2.05) is 0 Å². The van der Waals surface area contributed by atoms with Gasteiger partial charge in [-0.05, 0) is 12.5 Å². The van der Waals surface area contributed by atoms with Crippen LogP contribution in [0, 0.1) is 0 Å². The van der Waals surface area contributed by atoms with Crippen LogP contribution in [0.15, 0.2) is 12.2 Å². The van der Waals surface area contributed by atoms with Gasteiger partial charge in [0, 0.05) is 7.11 Å². The Labute approximate surface area is 59.7 Å². The Balaban J connectivity index is 3.73. The van der Waals surface area contributed by atoms with E-state index in [0.29, 0.717) is 6.42 Å². The molecular formula is C7H12F2O. The first-order valence-electron chi connectivity index (χ1n) is 3.17. The van der Waals surface area contributed by atoms with Crippen molar-refractivity contribution in [2.24, 2.45) is 0 Å². The number of allylic oxidation sites excluding steroid dienone is 1. The first kappa shape index (κ1) is 9.56. The molecule has 0 fully saturated rings. The molecule has 0 aliphatic carbocycles. The predicted molar refractivity (Wildman–Crippen MR) is 36.3 cm³/mol. The number of alkyl halides is 2. The number of rotatable bonds is 4. The second-order valence-electron chi connectivity index (χ2n) is 2.00. The average Bonchev–Trinajstić information content (AvgIpc) is 1.84. The Kier molecular flexibility index (Phi) is 4.19. The zero-order valence-electron chi connectivity index (χ0n) is 6.23. The van der Waals surface area contributed by atoms with Crippen molar-refractivity contribution in [2.75, 3.05) is 13.7 Å². The highest BCUT2D eigenvalue weighted by Gasteiger charge is 2.23. The van der Waals surface area contributed by atoms with E-state index < -0.39 is 12.5 Å². The standard InChI is InChI=1S/C7H12F2O/c1-3-4-5-7(8,9)6-10-2/h4-5H,3,6H2,1-2H3/b5-4+. The minimum atomic E-state index is -2.80. The summed E-state index contributed by atoms with van der Waals surface area (Å²) >= 11 is 0. The maximum absolute atomic E-state index is 12.4. The van der Waals surface area contributed by atoms with Crippen molar-refractivity contribution in [2.45, 2.75) is 19.3 Å². The largest absolute Gasteiger partial charge is 0.378 e. The van der Waals surface area contributed by atoms with E-state index in [9.17, 15) is 8.78 Å². The van der Waals surface area contributed by atoms with Crippen LogP contribution in [-0.4, -0.2) is 19.6 Å². The first-order chi connectivity index (χ1) is 4.62. The van der Waals surface area contributed by atoms with Gasteiger partial charge in [0.05, 0.1) is 0 Å². The maximum Gasteiger partial charge on any atom is 0.289 e. The number of halogens is 2. The van der Waals surface area contributed by atoms with Crippen LogP contribution in [0.3, 0.4) is 0 Å². The van der Waals surface area contributed by atoms with E-state index in [4.69, 9.17) is 0 Å².